The van der Waals surface area contributed by atoms with Gasteiger partial charge in [-0.05, 0) is 0 Å². The molecule has 1 saturated heterocycles. The summed E-state index contributed by atoms with van der Waals surface area (Å²) >= 11 is 0. The number of hydrogen-bond acceptors (Lipinski definition) is 3. The molecule has 4 heteroatoms. The van der Waals surface area contributed by atoms with Crippen molar-refractivity contribution in [2.75, 3.05) is 13.2 Å². The van der Waals surface area contributed by atoms with E-state index in [0.717, 1.165) is 6.21 Å². The summed E-state index contributed by atoms with van der Waals surface area (Å²) in [4.78, 5) is 10.3. The molecule has 0 unspecified atom stereocenters. The number of carbonyl (C=O) groups is 1. The molecule has 50 valence electrons. The Bertz CT molecular complexity index is 150. The van der Waals surface area contributed by atoms with E-state index in [1.165, 1.54) is 0 Å². The zero-order chi connectivity index (χ0) is 6.91. The van der Waals surface area contributed by atoms with E-state index in [-0.39, 0.29) is 13.2 Å². The number of nitrogens with one attached hydrogen (secondary N) is 1. The number of rotatable bonds is 2. The molecule has 0 spiro atoms. The van der Waals surface area contributed by atoms with Crippen molar-refractivity contribution in [3.05, 3.63) is 0 Å². The van der Waals surface area contributed by atoms with Crippen LogP contribution in [0.1, 0.15) is 0 Å². The van der Waals surface area contributed by atoms with Crippen molar-refractivity contribution in [1.82, 2.24) is 0 Å². The molecule has 0 atom stereocenters. The predicted octanol–water partition coefficient (Wildman–Crippen LogP) is -0.263. The van der Waals surface area contributed by atoms with Gasteiger partial charge in [-0.3, -0.25) is 4.79 Å². The second-order valence-electron chi connectivity index (χ2n) is 2.10. The number of hydrogen-bond donors (Lipinski definition) is 2. The minimum absolute atomic E-state index is 0.145. The van der Waals surface area contributed by atoms with E-state index in [1.807, 2.05) is 0 Å². The lowest BCUT2D eigenvalue weighted by Gasteiger charge is -2.32. The number of carboxylic acids is 1. The van der Waals surface area contributed by atoms with Crippen molar-refractivity contribution in [2.24, 2.45) is 5.41 Å². The van der Waals surface area contributed by atoms with E-state index >= 15 is 0 Å². The Hall–Kier alpha value is -0.900. The molecule has 0 aromatic carbocycles. The number of aliphatic carboxylic acids is 1. The summed E-state index contributed by atoms with van der Waals surface area (Å²) in [5, 5.41) is 15.2. The van der Waals surface area contributed by atoms with Crippen LogP contribution in [0, 0.1) is 10.8 Å². The van der Waals surface area contributed by atoms with Crippen LogP contribution in [-0.2, 0) is 9.53 Å². The molecular weight excluding hydrogens is 122 g/mol. The van der Waals surface area contributed by atoms with Crippen LogP contribution < -0.4 is 0 Å². The Morgan fingerprint density at radius 1 is 1.78 bits per heavy atom. The van der Waals surface area contributed by atoms with Crippen LogP contribution in [0.25, 0.3) is 0 Å². The van der Waals surface area contributed by atoms with Crippen LogP contribution in [0.2, 0.25) is 0 Å². The average molecular weight is 129 g/mol. The average Bonchev–Trinajstić information content (AvgIpc) is 1.62. The Balaban J connectivity index is 2.68. The largest absolute Gasteiger partial charge is 0.480 e. The fourth-order valence-electron chi connectivity index (χ4n) is 0.591. The van der Waals surface area contributed by atoms with Crippen LogP contribution in [0.4, 0.5) is 0 Å². The molecule has 0 aromatic heterocycles. The topological polar surface area (TPSA) is 70.4 Å². The van der Waals surface area contributed by atoms with Gasteiger partial charge in [-0.1, -0.05) is 0 Å². The molecule has 0 aliphatic carbocycles. The molecule has 1 rings (SSSR count). The lowest BCUT2D eigenvalue weighted by molar-refractivity contribution is -0.165. The van der Waals surface area contributed by atoms with Crippen molar-refractivity contribution in [3.63, 3.8) is 0 Å². The standard InChI is InChI=1S/C5H7NO3/c6-1-5(4(7)8)2-9-3-5/h1,6H,2-3H2,(H,7,8). The molecule has 0 radical (unpaired) electrons. The Morgan fingerprint density at radius 3 is 2.33 bits per heavy atom. The van der Waals surface area contributed by atoms with Crippen LogP contribution >= 0.6 is 0 Å². The highest BCUT2D eigenvalue weighted by atomic mass is 16.5. The molecule has 2 N–H and O–H groups in total. The first-order valence-corrected chi connectivity index (χ1v) is 2.54. The van der Waals surface area contributed by atoms with Crippen molar-refractivity contribution < 1.29 is 14.6 Å². The van der Waals surface area contributed by atoms with Gasteiger partial charge in [0.15, 0.2) is 0 Å². The smallest absolute Gasteiger partial charge is 0.319 e. The molecule has 0 saturated carbocycles. The van der Waals surface area contributed by atoms with Gasteiger partial charge in [0.05, 0.1) is 13.2 Å². The van der Waals surface area contributed by atoms with E-state index < -0.39 is 11.4 Å². The second-order valence-corrected chi connectivity index (χ2v) is 2.10. The van der Waals surface area contributed by atoms with Crippen LogP contribution in [0.15, 0.2) is 0 Å². The molecule has 1 aliphatic heterocycles. The summed E-state index contributed by atoms with van der Waals surface area (Å²) in [7, 11) is 0. The fourth-order valence-corrected chi connectivity index (χ4v) is 0.591. The maximum atomic E-state index is 10.3. The van der Waals surface area contributed by atoms with Crippen LogP contribution in [0.3, 0.4) is 0 Å². The summed E-state index contributed by atoms with van der Waals surface area (Å²) < 4.78 is 4.66. The lowest BCUT2D eigenvalue weighted by Crippen LogP contribution is -2.50. The molecule has 9 heavy (non-hydrogen) atoms. The van der Waals surface area contributed by atoms with Gasteiger partial charge in [0.2, 0.25) is 0 Å². The Morgan fingerprint density at radius 2 is 2.33 bits per heavy atom. The third-order valence-electron chi connectivity index (χ3n) is 1.42. The van der Waals surface area contributed by atoms with Crippen molar-refractivity contribution >= 4 is 12.2 Å². The molecular formula is C5H7NO3. The van der Waals surface area contributed by atoms with Gasteiger partial charge in [-0.15, -0.1) is 0 Å². The number of carboxylic acid groups (broad SMARTS) is 1. The summed E-state index contributed by atoms with van der Waals surface area (Å²) in [5.74, 6) is -0.969. The van der Waals surface area contributed by atoms with Gasteiger partial charge in [0.25, 0.3) is 0 Å². The van der Waals surface area contributed by atoms with Gasteiger partial charge >= 0.3 is 5.97 Å². The summed E-state index contributed by atoms with van der Waals surface area (Å²) in [6.07, 6.45) is 0.929. The van der Waals surface area contributed by atoms with Gasteiger partial charge in [-0.2, -0.15) is 0 Å². The van der Waals surface area contributed by atoms with Gasteiger partial charge in [-0.25, -0.2) is 0 Å². The lowest BCUT2D eigenvalue weighted by atomic mass is 9.88. The molecule has 0 aromatic rings. The van der Waals surface area contributed by atoms with Crippen molar-refractivity contribution in [3.8, 4) is 0 Å². The highest BCUT2D eigenvalue weighted by Gasteiger charge is 2.44. The third kappa shape index (κ3) is 0.712. The molecule has 1 aliphatic rings. The van der Waals surface area contributed by atoms with Crippen LogP contribution in [-0.4, -0.2) is 30.5 Å². The van der Waals surface area contributed by atoms with Crippen LogP contribution in [0.5, 0.6) is 0 Å². The molecule has 0 bridgehead atoms. The van der Waals surface area contributed by atoms with E-state index in [1.54, 1.807) is 0 Å². The van der Waals surface area contributed by atoms with Gasteiger partial charge in [0.1, 0.15) is 5.41 Å². The molecule has 1 fully saturated rings. The highest BCUT2D eigenvalue weighted by Crippen LogP contribution is 2.24. The SMILES string of the molecule is N=CC1(C(=O)O)COC1. The quantitative estimate of drug-likeness (QED) is 0.504. The van der Waals surface area contributed by atoms with Crippen molar-refractivity contribution in [2.45, 2.75) is 0 Å². The zero-order valence-electron chi connectivity index (χ0n) is 4.76. The zero-order valence-corrected chi connectivity index (χ0v) is 4.76. The summed E-state index contributed by atoms with van der Waals surface area (Å²) in [6.45, 7) is 0.289. The van der Waals surface area contributed by atoms with E-state index in [0.29, 0.717) is 0 Å². The summed E-state index contributed by atoms with van der Waals surface area (Å²) in [5.41, 5.74) is -1.00. The van der Waals surface area contributed by atoms with Gasteiger partial charge < -0.3 is 15.3 Å². The maximum Gasteiger partial charge on any atom is 0.319 e. The van der Waals surface area contributed by atoms with E-state index in [4.69, 9.17) is 10.5 Å². The maximum absolute atomic E-state index is 10.3. The second kappa shape index (κ2) is 1.80. The normalized spacial score (nSPS) is 22.2. The van der Waals surface area contributed by atoms with Crippen molar-refractivity contribution in [1.29, 1.82) is 5.41 Å². The molecule has 1 heterocycles. The monoisotopic (exact) mass is 129 g/mol. The Labute approximate surface area is 51.9 Å². The predicted molar refractivity (Wildman–Crippen MR) is 29.7 cm³/mol. The number of ether oxygens (including phenoxy) is 1. The molecule has 4 nitrogen and oxygen atoms in total. The highest BCUT2D eigenvalue weighted by molar-refractivity contribution is 5.94. The van der Waals surface area contributed by atoms with E-state index in [9.17, 15) is 4.79 Å². The fraction of sp³-hybridized carbons (Fsp3) is 0.600. The minimum atomic E-state index is -1.00. The Kier molecular flexibility index (Phi) is 1.25. The van der Waals surface area contributed by atoms with Gasteiger partial charge in [0, 0.05) is 6.21 Å². The van der Waals surface area contributed by atoms with E-state index in [2.05, 4.69) is 4.74 Å². The minimum Gasteiger partial charge on any atom is -0.480 e. The summed E-state index contributed by atoms with van der Waals surface area (Å²) in [6, 6.07) is 0. The first-order chi connectivity index (χ1) is 4.21. The molecule has 0 amide bonds. The first kappa shape index (κ1) is 6.22. The first-order valence-electron chi connectivity index (χ1n) is 2.54. The third-order valence-corrected chi connectivity index (χ3v) is 1.42.